The van der Waals surface area contributed by atoms with Crippen molar-refractivity contribution in [2.75, 3.05) is 0 Å². The van der Waals surface area contributed by atoms with Gasteiger partial charge in [0.05, 0.1) is 6.26 Å². The van der Waals surface area contributed by atoms with Crippen molar-refractivity contribution in [3.05, 3.63) is 95.4 Å². The number of carbonyl (C=O) groups excluding carboxylic acids is 2. The van der Waals surface area contributed by atoms with Gasteiger partial charge in [0.2, 0.25) is 5.78 Å². The molecule has 0 saturated heterocycles. The molecule has 3 nitrogen and oxygen atoms in total. The standard InChI is InChI=1S/C19H14O3/c20-17(18-7-4-12-22-18)13-14-8-10-16(11-9-14)19(21)15-5-2-1-3-6-15/h1-12H,13H2. The Balaban J connectivity index is 1.73. The van der Waals surface area contributed by atoms with Gasteiger partial charge in [-0.2, -0.15) is 0 Å². The van der Waals surface area contributed by atoms with Crippen LogP contribution in [0.5, 0.6) is 0 Å². The first-order chi connectivity index (χ1) is 10.7. The summed E-state index contributed by atoms with van der Waals surface area (Å²) in [6, 6.07) is 19.6. The van der Waals surface area contributed by atoms with Crippen molar-refractivity contribution in [3.63, 3.8) is 0 Å². The van der Waals surface area contributed by atoms with Crippen LogP contribution in [0.3, 0.4) is 0 Å². The van der Waals surface area contributed by atoms with Crippen LogP contribution in [0, 0.1) is 0 Å². The monoisotopic (exact) mass is 290 g/mol. The molecule has 0 spiro atoms. The molecule has 2 aromatic carbocycles. The summed E-state index contributed by atoms with van der Waals surface area (Å²) in [6.45, 7) is 0. The average Bonchev–Trinajstić information content (AvgIpc) is 3.10. The Kier molecular flexibility index (Phi) is 3.97. The number of ketones is 2. The minimum absolute atomic E-state index is 0.0236. The van der Waals surface area contributed by atoms with Crippen LogP contribution in [0.2, 0.25) is 0 Å². The molecule has 0 atom stereocenters. The predicted molar refractivity (Wildman–Crippen MR) is 83.1 cm³/mol. The van der Waals surface area contributed by atoms with Crippen LogP contribution in [0.4, 0.5) is 0 Å². The highest BCUT2D eigenvalue weighted by atomic mass is 16.3. The molecule has 3 heteroatoms. The van der Waals surface area contributed by atoms with E-state index in [0.717, 1.165) is 5.56 Å². The van der Waals surface area contributed by atoms with Crippen molar-refractivity contribution >= 4 is 11.6 Å². The average molecular weight is 290 g/mol. The third kappa shape index (κ3) is 3.04. The Hall–Kier alpha value is -2.94. The van der Waals surface area contributed by atoms with Crippen LogP contribution in [0.15, 0.2) is 77.4 Å². The molecular weight excluding hydrogens is 276 g/mol. The summed E-state index contributed by atoms with van der Waals surface area (Å²) >= 11 is 0. The highest BCUT2D eigenvalue weighted by molar-refractivity contribution is 6.09. The number of hydrogen-bond acceptors (Lipinski definition) is 3. The van der Waals surface area contributed by atoms with Crippen LogP contribution in [-0.2, 0) is 6.42 Å². The largest absolute Gasteiger partial charge is 0.461 e. The van der Waals surface area contributed by atoms with Crippen molar-refractivity contribution in [2.24, 2.45) is 0 Å². The SMILES string of the molecule is O=C(c1ccccc1)c1ccc(CC(=O)c2ccco2)cc1. The molecule has 3 rings (SSSR count). The summed E-state index contributed by atoms with van der Waals surface area (Å²) in [6.07, 6.45) is 1.74. The highest BCUT2D eigenvalue weighted by Gasteiger charge is 2.11. The number of furan rings is 1. The summed E-state index contributed by atoms with van der Waals surface area (Å²) in [4.78, 5) is 24.2. The van der Waals surface area contributed by atoms with E-state index in [4.69, 9.17) is 4.42 Å². The second-order valence-corrected chi connectivity index (χ2v) is 4.97. The fraction of sp³-hybridized carbons (Fsp3) is 0.0526. The van der Waals surface area contributed by atoms with Crippen LogP contribution in [-0.4, -0.2) is 11.6 Å². The first kappa shape index (κ1) is 14.0. The molecule has 0 aliphatic carbocycles. The van der Waals surface area contributed by atoms with Gasteiger partial charge in [0.1, 0.15) is 0 Å². The molecule has 0 bridgehead atoms. The minimum atomic E-state index is -0.0767. The Morgan fingerprint density at radius 3 is 2.09 bits per heavy atom. The van der Waals surface area contributed by atoms with Gasteiger partial charge in [-0.15, -0.1) is 0 Å². The van der Waals surface area contributed by atoms with Crippen molar-refractivity contribution in [2.45, 2.75) is 6.42 Å². The molecule has 0 amide bonds. The van der Waals surface area contributed by atoms with Crippen LogP contribution in [0.25, 0.3) is 0 Å². The number of carbonyl (C=O) groups is 2. The van der Waals surface area contributed by atoms with Gasteiger partial charge in [0.15, 0.2) is 11.5 Å². The molecule has 0 N–H and O–H groups in total. The zero-order valence-electron chi connectivity index (χ0n) is 11.9. The van der Waals surface area contributed by atoms with E-state index >= 15 is 0 Å². The zero-order valence-corrected chi connectivity index (χ0v) is 11.9. The van der Waals surface area contributed by atoms with Crippen molar-refractivity contribution in [3.8, 4) is 0 Å². The maximum Gasteiger partial charge on any atom is 0.202 e. The number of Topliss-reactive ketones (excluding diaryl/α,β-unsaturated/α-hetero) is 1. The predicted octanol–water partition coefficient (Wildman–Crippen LogP) is 3.94. The van der Waals surface area contributed by atoms with Gasteiger partial charge in [-0.1, -0.05) is 54.6 Å². The van der Waals surface area contributed by atoms with E-state index in [1.165, 1.54) is 6.26 Å². The molecule has 1 heterocycles. The summed E-state index contributed by atoms with van der Waals surface area (Å²) in [7, 11) is 0. The Morgan fingerprint density at radius 2 is 1.45 bits per heavy atom. The van der Waals surface area contributed by atoms with Gasteiger partial charge >= 0.3 is 0 Å². The third-order valence-electron chi connectivity index (χ3n) is 3.41. The Morgan fingerprint density at radius 1 is 0.773 bits per heavy atom. The van der Waals surface area contributed by atoms with E-state index in [9.17, 15) is 9.59 Å². The van der Waals surface area contributed by atoms with Crippen molar-refractivity contribution in [1.82, 2.24) is 0 Å². The number of benzene rings is 2. The highest BCUT2D eigenvalue weighted by Crippen LogP contribution is 2.13. The van der Waals surface area contributed by atoms with E-state index in [1.807, 2.05) is 18.2 Å². The third-order valence-corrected chi connectivity index (χ3v) is 3.41. The minimum Gasteiger partial charge on any atom is -0.461 e. The van der Waals surface area contributed by atoms with Gasteiger partial charge in [-0.05, 0) is 17.7 Å². The molecule has 3 aromatic rings. The fourth-order valence-corrected chi connectivity index (χ4v) is 2.24. The van der Waals surface area contributed by atoms with Gasteiger partial charge in [-0.25, -0.2) is 0 Å². The fourth-order valence-electron chi connectivity index (χ4n) is 2.24. The summed E-state index contributed by atoms with van der Waals surface area (Å²) in [5.41, 5.74) is 2.12. The Labute approximate surface area is 128 Å². The second kappa shape index (κ2) is 6.22. The normalized spacial score (nSPS) is 10.4. The van der Waals surface area contributed by atoms with Gasteiger partial charge in [-0.3, -0.25) is 9.59 Å². The quantitative estimate of drug-likeness (QED) is 0.669. The van der Waals surface area contributed by atoms with Crippen LogP contribution in [0.1, 0.15) is 32.0 Å². The van der Waals surface area contributed by atoms with Gasteiger partial charge in [0, 0.05) is 17.5 Å². The first-order valence-electron chi connectivity index (χ1n) is 6.99. The zero-order chi connectivity index (χ0) is 15.4. The molecule has 0 aliphatic rings. The lowest BCUT2D eigenvalue weighted by atomic mass is 10.0. The van der Waals surface area contributed by atoms with Gasteiger partial charge < -0.3 is 4.42 Å². The van der Waals surface area contributed by atoms with E-state index in [0.29, 0.717) is 16.9 Å². The molecule has 1 aromatic heterocycles. The lowest BCUT2D eigenvalue weighted by Crippen LogP contribution is -2.04. The number of hydrogen-bond donors (Lipinski definition) is 0. The summed E-state index contributed by atoms with van der Waals surface area (Å²) in [5.74, 6) is 0.251. The van der Waals surface area contributed by atoms with E-state index < -0.39 is 0 Å². The maximum absolute atomic E-state index is 12.3. The van der Waals surface area contributed by atoms with Crippen molar-refractivity contribution < 1.29 is 14.0 Å². The van der Waals surface area contributed by atoms with E-state index in [1.54, 1.807) is 48.5 Å². The lowest BCUT2D eigenvalue weighted by Gasteiger charge is -2.03. The maximum atomic E-state index is 12.3. The molecular formula is C19H14O3. The number of rotatable bonds is 5. The molecule has 0 aliphatic heterocycles. The smallest absolute Gasteiger partial charge is 0.202 e. The summed E-state index contributed by atoms with van der Waals surface area (Å²) < 4.78 is 5.08. The summed E-state index contributed by atoms with van der Waals surface area (Å²) in [5, 5.41) is 0. The van der Waals surface area contributed by atoms with Crippen LogP contribution >= 0.6 is 0 Å². The van der Waals surface area contributed by atoms with Crippen LogP contribution < -0.4 is 0 Å². The first-order valence-corrected chi connectivity index (χ1v) is 6.99. The molecule has 108 valence electrons. The van der Waals surface area contributed by atoms with E-state index in [-0.39, 0.29) is 18.0 Å². The molecule has 0 saturated carbocycles. The molecule has 0 fully saturated rings. The van der Waals surface area contributed by atoms with E-state index in [2.05, 4.69) is 0 Å². The topological polar surface area (TPSA) is 47.3 Å². The van der Waals surface area contributed by atoms with Gasteiger partial charge in [0.25, 0.3) is 0 Å². The molecule has 0 radical (unpaired) electrons. The molecule has 22 heavy (non-hydrogen) atoms. The lowest BCUT2D eigenvalue weighted by molar-refractivity contribution is 0.0966. The molecule has 0 unspecified atom stereocenters. The van der Waals surface area contributed by atoms with Crippen molar-refractivity contribution in [1.29, 1.82) is 0 Å². The Bertz CT molecular complexity index is 769. The second-order valence-electron chi connectivity index (χ2n) is 4.97.